The quantitative estimate of drug-likeness (QED) is 0.885. The first-order valence-electron chi connectivity index (χ1n) is 6.35. The zero-order chi connectivity index (χ0) is 14.3. The van der Waals surface area contributed by atoms with Gasteiger partial charge in [0.2, 0.25) is 5.75 Å². The second-order valence-corrected chi connectivity index (χ2v) is 5.19. The van der Waals surface area contributed by atoms with Crippen molar-refractivity contribution < 1.29 is 28.9 Å². The summed E-state index contributed by atoms with van der Waals surface area (Å²) in [5, 5.41) is 8.96. The lowest BCUT2D eigenvalue weighted by atomic mass is 9.88. The highest BCUT2D eigenvalue weighted by Gasteiger charge is 2.41. The van der Waals surface area contributed by atoms with E-state index in [1.165, 1.54) is 0 Å². The van der Waals surface area contributed by atoms with E-state index in [-0.39, 0.29) is 18.6 Å². The molecule has 0 aliphatic carbocycles. The summed E-state index contributed by atoms with van der Waals surface area (Å²) in [6.45, 7) is 2.42. The predicted octanol–water partition coefficient (Wildman–Crippen LogP) is 1.66. The van der Waals surface area contributed by atoms with Gasteiger partial charge in [-0.3, -0.25) is 9.59 Å². The summed E-state index contributed by atoms with van der Waals surface area (Å²) in [4.78, 5) is 23.1. The van der Waals surface area contributed by atoms with E-state index in [1.807, 2.05) is 0 Å². The maximum absolute atomic E-state index is 12.2. The van der Waals surface area contributed by atoms with Gasteiger partial charge in [0.05, 0.1) is 18.4 Å². The van der Waals surface area contributed by atoms with Crippen LogP contribution in [0, 0.1) is 0 Å². The number of ether oxygens (including phenoxy) is 3. The Labute approximate surface area is 115 Å². The molecule has 1 unspecified atom stereocenters. The molecule has 6 heteroatoms. The fourth-order valence-electron chi connectivity index (χ4n) is 2.55. The zero-order valence-electron chi connectivity index (χ0n) is 11.0. The van der Waals surface area contributed by atoms with Gasteiger partial charge in [-0.1, -0.05) is 0 Å². The molecule has 2 heterocycles. The topological polar surface area (TPSA) is 82.1 Å². The SMILES string of the molecule is CC1(CC(=O)O)CC(=O)c2ccc3c(c2O1)OCCO3. The second kappa shape index (κ2) is 4.40. The first kappa shape index (κ1) is 12.8. The van der Waals surface area contributed by atoms with E-state index in [4.69, 9.17) is 19.3 Å². The Balaban J connectivity index is 2.05. The van der Waals surface area contributed by atoms with Gasteiger partial charge in [-0.25, -0.2) is 0 Å². The third-order valence-electron chi connectivity index (χ3n) is 3.37. The number of carboxylic acid groups (broad SMARTS) is 1. The number of hydrogen-bond acceptors (Lipinski definition) is 5. The van der Waals surface area contributed by atoms with Crippen LogP contribution >= 0.6 is 0 Å². The summed E-state index contributed by atoms with van der Waals surface area (Å²) in [5.74, 6) is 0.0423. The number of rotatable bonds is 2. The minimum absolute atomic E-state index is 0.0337. The highest BCUT2D eigenvalue weighted by Crippen LogP contribution is 2.47. The van der Waals surface area contributed by atoms with Crippen molar-refractivity contribution in [3.63, 3.8) is 0 Å². The van der Waals surface area contributed by atoms with Gasteiger partial charge in [0, 0.05) is 0 Å². The van der Waals surface area contributed by atoms with Crippen molar-refractivity contribution >= 4 is 11.8 Å². The molecule has 0 fully saturated rings. The lowest BCUT2D eigenvalue weighted by molar-refractivity contribution is -0.141. The van der Waals surface area contributed by atoms with Gasteiger partial charge in [0.1, 0.15) is 18.8 Å². The Morgan fingerprint density at radius 1 is 1.30 bits per heavy atom. The van der Waals surface area contributed by atoms with Crippen molar-refractivity contribution in [1.29, 1.82) is 0 Å². The van der Waals surface area contributed by atoms with Crippen molar-refractivity contribution in [1.82, 2.24) is 0 Å². The Morgan fingerprint density at radius 3 is 2.80 bits per heavy atom. The average Bonchev–Trinajstić information content (AvgIpc) is 2.37. The molecule has 0 spiro atoms. The highest BCUT2D eigenvalue weighted by molar-refractivity contribution is 6.02. The second-order valence-electron chi connectivity index (χ2n) is 5.19. The summed E-state index contributed by atoms with van der Waals surface area (Å²) in [6, 6.07) is 3.31. The average molecular weight is 278 g/mol. The van der Waals surface area contributed by atoms with Crippen LogP contribution in [0.2, 0.25) is 0 Å². The normalized spacial score (nSPS) is 23.8. The van der Waals surface area contributed by atoms with Crippen molar-refractivity contribution in [2.75, 3.05) is 13.2 Å². The van der Waals surface area contributed by atoms with E-state index >= 15 is 0 Å². The van der Waals surface area contributed by atoms with Crippen LogP contribution in [-0.2, 0) is 4.79 Å². The molecule has 0 amide bonds. The fraction of sp³-hybridized carbons (Fsp3) is 0.429. The largest absolute Gasteiger partial charge is 0.486 e. The zero-order valence-corrected chi connectivity index (χ0v) is 11.0. The molecule has 1 aromatic rings. The number of fused-ring (bicyclic) bond motifs is 3. The van der Waals surface area contributed by atoms with Gasteiger partial charge in [0.25, 0.3) is 0 Å². The smallest absolute Gasteiger partial charge is 0.307 e. The summed E-state index contributed by atoms with van der Waals surface area (Å²) >= 11 is 0. The molecule has 3 rings (SSSR count). The Morgan fingerprint density at radius 2 is 2.05 bits per heavy atom. The van der Waals surface area contributed by atoms with Crippen LogP contribution in [-0.4, -0.2) is 35.7 Å². The van der Waals surface area contributed by atoms with Crippen LogP contribution in [0.4, 0.5) is 0 Å². The van der Waals surface area contributed by atoms with Crippen LogP contribution in [0.5, 0.6) is 17.2 Å². The molecule has 0 aromatic heterocycles. The maximum atomic E-state index is 12.2. The summed E-state index contributed by atoms with van der Waals surface area (Å²) in [5.41, 5.74) is -0.650. The van der Waals surface area contributed by atoms with Crippen LogP contribution in [0.1, 0.15) is 30.1 Å². The molecule has 6 nitrogen and oxygen atoms in total. The molecule has 0 saturated carbocycles. The number of ketones is 1. The van der Waals surface area contributed by atoms with Crippen LogP contribution < -0.4 is 14.2 Å². The van der Waals surface area contributed by atoms with Gasteiger partial charge in [-0.15, -0.1) is 0 Å². The first-order valence-corrected chi connectivity index (χ1v) is 6.35. The molecule has 0 radical (unpaired) electrons. The number of aliphatic carboxylic acids is 1. The van der Waals surface area contributed by atoms with E-state index in [9.17, 15) is 9.59 Å². The minimum atomic E-state index is -1.06. The molecule has 20 heavy (non-hydrogen) atoms. The van der Waals surface area contributed by atoms with Crippen LogP contribution in [0.15, 0.2) is 12.1 Å². The third kappa shape index (κ3) is 2.07. The van der Waals surface area contributed by atoms with Crippen molar-refractivity contribution in [2.24, 2.45) is 0 Å². The molecule has 1 N–H and O–H groups in total. The monoisotopic (exact) mass is 278 g/mol. The van der Waals surface area contributed by atoms with Gasteiger partial charge in [-0.05, 0) is 19.1 Å². The molecule has 1 aromatic carbocycles. The van der Waals surface area contributed by atoms with Gasteiger partial charge in [-0.2, -0.15) is 0 Å². The van der Waals surface area contributed by atoms with Gasteiger partial charge in [0.15, 0.2) is 17.3 Å². The number of Topliss-reactive ketones (excluding diaryl/α,β-unsaturated/α-hetero) is 1. The van der Waals surface area contributed by atoms with Crippen molar-refractivity contribution in [2.45, 2.75) is 25.4 Å². The van der Waals surface area contributed by atoms with E-state index in [0.717, 1.165) is 0 Å². The van der Waals surface area contributed by atoms with Crippen molar-refractivity contribution in [3.05, 3.63) is 17.7 Å². The molecular formula is C14H14O6. The molecule has 0 saturated heterocycles. The van der Waals surface area contributed by atoms with Gasteiger partial charge >= 0.3 is 5.97 Å². The number of hydrogen-bond donors (Lipinski definition) is 1. The predicted molar refractivity (Wildman–Crippen MR) is 67.7 cm³/mol. The highest BCUT2D eigenvalue weighted by atomic mass is 16.6. The maximum Gasteiger partial charge on any atom is 0.307 e. The Kier molecular flexibility index (Phi) is 2.81. The third-order valence-corrected chi connectivity index (χ3v) is 3.37. The molecule has 106 valence electrons. The number of carbonyl (C=O) groups is 2. The molecule has 2 aliphatic rings. The standard InChI is InChI=1S/C14H14O6/c1-14(7-11(16)17)6-9(15)8-2-3-10-13(12(8)20-14)19-5-4-18-10/h2-3H,4-7H2,1H3,(H,16,17). The van der Waals surface area contributed by atoms with E-state index in [0.29, 0.717) is 36.0 Å². The molecular weight excluding hydrogens is 264 g/mol. The number of benzene rings is 1. The summed E-state index contributed by atoms with van der Waals surface area (Å²) < 4.78 is 16.8. The minimum Gasteiger partial charge on any atom is -0.486 e. The Bertz CT molecular complexity index is 594. The number of carboxylic acids is 1. The fourth-order valence-corrected chi connectivity index (χ4v) is 2.55. The van der Waals surface area contributed by atoms with Crippen LogP contribution in [0.25, 0.3) is 0 Å². The van der Waals surface area contributed by atoms with Crippen molar-refractivity contribution in [3.8, 4) is 17.2 Å². The van der Waals surface area contributed by atoms with Gasteiger partial charge < -0.3 is 19.3 Å². The Hall–Kier alpha value is -2.24. The van der Waals surface area contributed by atoms with E-state index < -0.39 is 11.6 Å². The van der Waals surface area contributed by atoms with Crippen LogP contribution in [0.3, 0.4) is 0 Å². The summed E-state index contributed by atoms with van der Waals surface area (Å²) in [7, 11) is 0. The summed E-state index contributed by atoms with van der Waals surface area (Å²) in [6.07, 6.45) is -0.214. The van der Waals surface area contributed by atoms with E-state index in [2.05, 4.69) is 0 Å². The lowest BCUT2D eigenvalue weighted by Crippen LogP contribution is -2.41. The molecule has 0 bridgehead atoms. The number of carbonyl (C=O) groups excluding carboxylic acids is 1. The first-order chi connectivity index (χ1) is 9.48. The lowest BCUT2D eigenvalue weighted by Gasteiger charge is -2.35. The van der Waals surface area contributed by atoms with E-state index in [1.54, 1.807) is 19.1 Å². The molecule has 2 aliphatic heterocycles. The molecule has 1 atom stereocenters.